The Kier molecular flexibility index (Phi) is 5.35. The molecule has 0 aromatic carbocycles. The van der Waals surface area contributed by atoms with Crippen LogP contribution in [0.5, 0.6) is 0 Å². The Bertz CT molecular complexity index is 328. The lowest BCUT2D eigenvalue weighted by Gasteiger charge is -2.10. The number of halogens is 1. The van der Waals surface area contributed by atoms with Crippen LogP contribution in [-0.4, -0.2) is 37.1 Å². The molecule has 90 valence electrons. The second-order valence-corrected chi connectivity index (χ2v) is 4.46. The fraction of sp³-hybridized carbons (Fsp3) is 0.545. The average molecular weight is 243 g/mol. The first-order valence-corrected chi connectivity index (χ1v) is 5.77. The molecule has 0 atom stereocenters. The van der Waals surface area contributed by atoms with Crippen molar-refractivity contribution in [3.05, 3.63) is 17.3 Å². The maximum Gasteiger partial charge on any atom is 0.149 e. The molecule has 0 radical (unpaired) electrons. The van der Waals surface area contributed by atoms with Crippen LogP contribution < -0.4 is 11.1 Å². The number of unbranched alkanes of at least 4 members (excludes halogenated alkanes) is 1. The Morgan fingerprint density at radius 2 is 2.19 bits per heavy atom. The summed E-state index contributed by atoms with van der Waals surface area (Å²) >= 11 is 5.76. The summed E-state index contributed by atoms with van der Waals surface area (Å²) in [6, 6.07) is 1.71. The number of hydrogen-bond donors (Lipinski definition) is 2. The molecule has 5 heteroatoms. The van der Waals surface area contributed by atoms with Gasteiger partial charge < -0.3 is 16.0 Å². The predicted octanol–water partition coefficient (Wildman–Crippen LogP) is 2.07. The summed E-state index contributed by atoms with van der Waals surface area (Å²) in [7, 11) is 4.15. The molecule has 0 saturated carbocycles. The Balaban J connectivity index is 2.27. The van der Waals surface area contributed by atoms with E-state index in [1.54, 1.807) is 12.3 Å². The normalized spacial score (nSPS) is 10.8. The van der Waals surface area contributed by atoms with Gasteiger partial charge in [0.2, 0.25) is 0 Å². The Morgan fingerprint density at radius 1 is 1.44 bits per heavy atom. The maximum absolute atomic E-state index is 5.77. The third-order valence-corrected chi connectivity index (χ3v) is 2.42. The molecule has 1 heterocycles. The van der Waals surface area contributed by atoms with Crippen LogP contribution in [0, 0.1) is 0 Å². The molecular formula is C11H19ClN4. The van der Waals surface area contributed by atoms with Crippen molar-refractivity contribution < 1.29 is 0 Å². The number of nitrogen functional groups attached to an aromatic ring is 1. The van der Waals surface area contributed by atoms with Gasteiger partial charge in [0.1, 0.15) is 5.82 Å². The van der Waals surface area contributed by atoms with Crippen LogP contribution in [0.3, 0.4) is 0 Å². The first-order valence-electron chi connectivity index (χ1n) is 5.39. The number of rotatable bonds is 6. The van der Waals surface area contributed by atoms with E-state index in [4.69, 9.17) is 17.3 Å². The zero-order valence-corrected chi connectivity index (χ0v) is 10.6. The third-order valence-electron chi connectivity index (χ3n) is 2.21. The predicted molar refractivity (Wildman–Crippen MR) is 69.9 cm³/mol. The summed E-state index contributed by atoms with van der Waals surface area (Å²) in [5, 5.41) is 3.77. The van der Waals surface area contributed by atoms with Gasteiger partial charge in [0, 0.05) is 12.7 Å². The van der Waals surface area contributed by atoms with Crippen LogP contribution in [0.4, 0.5) is 11.5 Å². The van der Waals surface area contributed by atoms with Crippen molar-refractivity contribution in [1.29, 1.82) is 0 Å². The number of nitrogens with zero attached hydrogens (tertiary/aromatic N) is 2. The lowest BCUT2D eigenvalue weighted by atomic mass is 10.3. The third kappa shape index (κ3) is 4.68. The second-order valence-electron chi connectivity index (χ2n) is 4.03. The summed E-state index contributed by atoms with van der Waals surface area (Å²) in [5.41, 5.74) is 6.36. The molecule has 16 heavy (non-hydrogen) atoms. The van der Waals surface area contributed by atoms with Crippen molar-refractivity contribution in [3.8, 4) is 0 Å². The SMILES string of the molecule is CN(C)CCCCNc1ncc(Cl)cc1N. The molecule has 1 aromatic heterocycles. The van der Waals surface area contributed by atoms with E-state index in [0.717, 1.165) is 25.9 Å². The van der Waals surface area contributed by atoms with E-state index in [9.17, 15) is 0 Å². The number of nitrogens with two attached hydrogens (primary N) is 1. The van der Waals surface area contributed by atoms with Crippen LogP contribution in [0.15, 0.2) is 12.3 Å². The molecule has 0 unspecified atom stereocenters. The molecule has 0 fully saturated rings. The van der Waals surface area contributed by atoms with Gasteiger partial charge >= 0.3 is 0 Å². The van der Waals surface area contributed by atoms with Crippen molar-refractivity contribution in [2.75, 3.05) is 38.2 Å². The van der Waals surface area contributed by atoms with E-state index in [2.05, 4.69) is 29.3 Å². The van der Waals surface area contributed by atoms with E-state index in [-0.39, 0.29) is 0 Å². The summed E-state index contributed by atoms with van der Waals surface area (Å²) in [6.07, 6.45) is 3.86. The fourth-order valence-electron chi connectivity index (χ4n) is 1.36. The number of anilines is 2. The molecule has 0 spiro atoms. The van der Waals surface area contributed by atoms with Crippen LogP contribution in [0.2, 0.25) is 5.02 Å². The second kappa shape index (κ2) is 6.55. The monoisotopic (exact) mass is 242 g/mol. The molecule has 0 aliphatic rings. The van der Waals surface area contributed by atoms with Gasteiger partial charge in [-0.15, -0.1) is 0 Å². The molecule has 0 saturated heterocycles. The molecule has 4 nitrogen and oxygen atoms in total. The van der Waals surface area contributed by atoms with Crippen LogP contribution in [0.1, 0.15) is 12.8 Å². The molecule has 0 aliphatic carbocycles. The lowest BCUT2D eigenvalue weighted by Crippen LogP contribution is -2.14. The highest BCUT2D eigenvalue weighted by Crippen LogP contribution is 2.19. The van der Waals surface area contributed by atoms with Gasteiger partial charge in [0.25, 0.3) is 0 Å². The Morgan fingerprint density at radius 3 is 2.81 bits per heavy atom. The van der Waals surface area contributed by atoms with Gasteiger partial charge in [0.15, 0.2) is 0 Å². The summed E-state index contributed by atoms with van der Waals surface area (Å²) < 4.78 is 0. The highest BCUT2D eigenvalue weighted by Gasteiger charge is 2.00. The number of hydrogen-bond acceptors (Lipinski definition) is 4. The van der Waals surface area contributed by atoms with E-state index < -0.39 is 0 Å². The van der Waals surface area contributed by atoms with Crippen LogP contribution in [0.25, 0.3) is 0 Å². The quantitative estimate of drug-likeness (QED) is 0.750. The van der Waals surface area contributed by atoms with Crippen molar-refractivity contribution in [3.63, 3.8) is 0 Å². The molecule has 0 bridgehead atoms. The topological polar surface area (TPSA) is 54.2 Å². The number of nitrogens with one attached hydrogen (secondary N) is 1. The van der Waals surface area contributed by atoms with Crippen molar-refractivity contribution in [2.45, 2.75) is 12.8 Å². The van der Waals surface area contributed by atoms with Gasteiger partial charge in [-0.25, -0.2) is 4.98 Å². The van der Waals surface area contributed by atoms with Crippen molar-refractivity contribution in [1.82, 2.24) is 9.88 Å². The lowest BCUT2D eigenvalue weighted by molar-refractivity contribution is 0.396. The minimum atomic E-state index is 0.565. The van der Waals surface area contributed by atoms with E-state index >= 15 is 0 Å². The van der Waals surface area contributed by atoms with Gasteiger partial charge in [-0.3, -0.25) is 0 Å². The fourth-order valence-corrected chi connectivity index (χ4v) is 1.53. The van der Waals surface area contributed by atoms with Gasteiger partial charge in [-0.05, 0) is 39.5 Å². The van der Waals surface area contributed by atoms with Gasteiger partial charge in [-0.1, -0.05) is 11.6 Å². The standard InChI is InChI=1S/C11H19ClN4/c1-16(2)6-4-3-5-14-11-10(13)7-9(12)8-15-11/h7-8H,3-6,13H2,1-2H3,(H,14,15). The minimum Gasteiger partial charge on any atom is -0.396 e. The summed E-state index contributed by atoms with van der Waals surface area (Å²) in [5.74, 6) is 0.717. The first-order chi connectivity index (χ1) is 7.59. The highest BCUT2D eigenvalue weighted by molar-refractivity contribution is 6.30. The smallest absolute Gasteiger partial charge is 0.149 e. The molecule has 0 aliphatic heterocycles. The molecule has 3 N–H and O–H groups in total. The Hall–Kier alpha value is -1.00. The van der Waals surface area contributed by atoms with E-state index in [1.807, 2.05) is 0 Å². The zero-order chi connectivity index (χ0) is 12.0. The minimum absolute atomic E-state index is 0.565. The largest absolute Gasteiger partial charge is 0.396 e. The van der Waals surface area contributed by atoms with Crippen molar-refractivity contribution in [2.24, 2.45) is 0 Å². The van der Waals surface area contributed by atoms with Crippen LogP contribution in [-0.2, 0) is 0 Å². The first kappa shape index (κ1) is 13.1. The summed E-state index contributed by atoms with van der Waals surface area (Å²) in [4.78, 5) is 6.31. The molecule has 0 amide bonds. The van der Waals surface area contributed by atoms with Crippen LogP contribution >= 0.6 is 11.6 Å². The highest BCUT2D eigenvalue weighted by atomic mass is 35.5. The number of aromatic nitrogens is 1. The maximum atomic E-state index is 5.77. The summed E-state index contributed by atoms with van der Waals surface area (Å²) in [6.45, 7) is 1.98. The molecular weight excluding hydrogens is 224 g/mol. The van der Waals surface area contributed by atoms with Gasteiger partial charge in [0.05, 0.1) is 10.7 Å². The van der Waals surface area contributed by atoms with Gasteiger partial charge in [-0.2, -0.15) is 0 Å². The Labute approximate surface area is 102 Å². The number of pyridine rings is 1. The average Bonchev–Trinajstić information content (AvgIpc) is 2.20. The van der Waals surface area contributed by atoms with E-state index in [1.165, 1.54) is 0 Å². The van der Waals surface area contributed by atoms with E-state index in [0.29, 0.717) is 16.5 Å². The molecule has 1 rings (SSSR count). The van der Waals surface area contributed by atoms with Crippen molar-refractivity contribution >= 4 is 23.1 Å². The zero-order valence-electron chi connectivity index (χ0n) is 9.83. The molecule has 1 aromatic rings.